The Labute approximate surface area is 130 Å². The van der Waals surface area contributed by atoms with E-state index in [1.807, 2.05) is 0 Å². The zero-order valence-electron chi connectivity index (χ0n) is 12.2. The van der Waals surface area contributed by atoms with Crippen molar-refractivity contribution < 1.29 is 34.4 Å². The number of ether oxygens (including phenoxy) is 2. The summed E-state index contributed by atoms with van der Waals surface area (Å²) in [6, 6.07) is 1.30. The van der Waals surface area contributed by atoms with Crippen molar-refractivity contribution in [1.82, 2.24) is 9.55 Å². The summed E-state index contributed by atoms with van der Waals surface area (Å²) in [5, 5.41) is 28.6. The fourth-order valence-electron chi connectivity index (χ4n) is 2.03. The molecule has 0 saturated carbocycles. The molecule has 0 unspecified atom stereocenters. The summed E-state index contributed by atoms with van der Waals surface area (Å²) in [5.41, 5.74) is 1.37. The van der Waals surface area contributed by atoms with Gasteiger partial charge in [0, 0.05) is 19.4 Å². The number of anilines is 1. The van der Waals surface area contributed by atoms with Gasteiger partial charge in [-0.3, -0.25) is 4.57 Å². The van der Waals surface area contributed by atoms with Gasteiger partial charge in [-0.1, -0.05) is 0 Å². The van der Waals surface area contributed by atoms with Crippen LogP contribution in [0.15, 0.2) is 17.1 Å². The number of carbonyl (C=O) groups is 1. The van der Waals surface area contributed by atoms with Crippen molar-refractivity contribution in [2.45, 2.75) is 24.5 Å². The third-order valence-electron chi connectivity index (χ3n) is 3.15. The highest BCUT2D eigenvalue weighted by molar-refractivity contribution is 5.71. The third kappa shape index (κ3) is 3.83. The van der Waals surface area contributed by atoms with E-state index >= 15 is 0 Å². The number of hydrogen-bond donors (Lipinski definition) is 4. The summed E-state index contributed by atoms with van der Waals surface area (Å²) in [6.45, 7) is -0.779. The fourth-order valence-corrected chi connectivity index (χ4v) is 2.03. The highest BCUT2D eigenvalue weighted by Gasteiger charge is 2.43. The number of aliphatic hydroxyl groups excluding tert-OH is 3. The van der Waals surface area contributed by atoms with Gasteiger partial charge >= 0.3 is 11.7 Å². The van der Waals surface area contributed by atoms with Gasteiger partial charge in [0.15, 0.2) is 12.0 Å². The molecule has 0 aliphatic carbocycles. The van der Waals surface area contributed by atoms with Crippen LogP contribution >= 0.6 is 0 Å². The molecule has 1 aliphatic rings. The number of nitrogens with zero attached hydrogens (tertiary/aromatic N) is 2. The lowest BCUT2D eigenvalue weighted by atomic mass is 10.1. The van der Waals surface area contributed by atoms with Gasteiger partial charge in [-0.2, -0.15) is 4.98 Å². The Kier molecular flexibility index (Phi) is 5.63. The van der Waals surface area contributed by atoms with E-state index in [2.05, 4.69) is 20.0 Å². The van der Waals surface area contributed by atoms with Crippen LogP contribution in [0.5, 0.6) is 0 Å². The molecule has 11 heteroatoms. The van der Waals surface area contributed by atoms with Crippen LogP contribution in [0.2, 0.25) is 0 Å². The van der Waals surface area contributed by atoms with Crippen LogP contribution in [0.4, 0.5) is 5.82 Å². The lowest BCUT2D eigenvalue weighted by molar-refractivity contribution is -0.144. The van der Waals surface area contributed by atoms with Crippen molar-refractivity contribution in [2.24, 2.45) is 0 Å². The Morgan fingerprint density at radius 3 is 2.78 bits per heavy atom. The standard InChI is InChI=1S/C12H17N3O8/c1-21-5-8(17)23-14-7-2-3-15(12(20)13-7)11-10(19)9(18)6(4-16)22-11/h2-3,6,9-11,16,18-19H,4-5H2,1H3,(H,13,14,20)/t6-,9-,10-,11-/m1/s1. The molecule has 2 heterocycles. The lowest BCUT2D eigenvalue weighted by Crippen LogP contribution is -2.36. The van der Waals surface area contributed by atoms with Gasteiger partial charge in [0.25, 0.3) is 0 Å². The van der Waals surface area contributed by atoms with Gasteiger partial charge in [0.2, 0.25) is 0 Å². The molecule has 11 nitrogen and oxygen atoms in total. The predicted octanol–water partition coefficient (Wildman–Crippen LogP) is -2.63. The van der Waals surface area contributed by atoms with Crippen molar-refractivity contribution in [1.29, 1.82) is 0 Å². The number of methoxy groups -OCH3 is 1. The molecule has 0 aromatic carbocycles. The monoisotopic (exact) mass is 331 g/mol. The zero-order valence-corrected chi connectivity index (χ0v) is 12.2. The van der Waals surface area contributed by atoms with E-state index in [1.54, 1.807) is 0 Å². The minimum atomic E-state index is -1.40. The Bertz CT molecular complexity index is 606. The van der Waals surface area contributed by atoms with Crippen molar-refractivity contribution in [3.05, 3.63) is 22.7 Å². The number of rotatable bonds is 6. The van der Waals surface area contributed by atoms with E-state index in [1.165, 1.54) is 19.4 Å². The summed E-state index contributed by atoms with van der Waals surface area (Å²) in [7, 11) is 1.32. The lowest BCUT2D eigenvalue weighted by Gasteiger charge is -2.17. The van der Waals surface area contributed by atoms with Crippen LogP contribution in [0, 0.1) is 0 Å². The topological polar surface area (TPSA) is 152 Å². The highest BCUT2D eigenvalue weighted by atomic mass is 16.7. The zero-order chi connectivity index (χ0) is 17.0. The average molecular weight is 331 g/mol. The minimum Gasteiger partial charge on any atom is -0.394 e. The number of carbonyl (C=O) groups excluding carboxylic acids is 1. The summed E-state index contributed by atoms with van der Waals surface area (Å²) < 4.78 is 10.7. The average Bonchev–Trinajstić information content (AvgIpc) is 2.81. The number of nitrogens with one attached hydrogen (secondary N) is 1. The van der Waals surface area contributed by atoms with Gasteiger partial charge in [-0.25, -0.2) is 15.1 Å². The molecule has 2 rings (SSSR count). The minimum absolute atomic E-state index is 0.0394. The van der Waals surface area contributed by atoms with Crippen molar-refractivity contribution in [2.75, 3.05) is 25.8 Å². The maximum Gasteiger partial charge on any atom is 0.357 e. The molecule has 0 spiro atoms. The first-order valence-corrected chi connectivity index (χ1v) is 6.64. The Morgan fingerprint density at radius 2 is 2.22 bits per heavy atom. The molecular weight excluding hydrogens is 314 g/mol. The molecule has 0 amide bonds. The first-order valence-electron chi connectivity index (χ1n) is 6.64. The van der Waals surface area contributed by atoms with Crippen molar-refractivity contribution in [3.8, 4) is 0 Å². The Balaban J connectivity index is 2.08. The van der Waals surface area contributed by atoms with Crippen LogP contribution in [-0.4, -0.2) is 69.5 Å². The van der Waals surface area contributed by atoms with E-state index in [-0.39, 0.29) is 12.4 Å². The molecule has 23 heavy (non-hydrogen) atoms. The smallest absolute Gasteiger partial charge is 0.357 e. The SMILES string of the molecule is COCC(=O)ONc1ccn([C@@H]2O[C@H](CO)[C@@H](O)[C@H]2O)c(=O)n1. The van der Waals surface area contributed by atoms with Gasteiger partial charge in [0.05, 0.1) is 6.61 Å². The molecule has 4 atom stereocenters. The normalized spacial score (nSPS) is 27.0. The van der Waals surface area contributed by atoms with E-state index in [4.69, 9.17) is 9.84 Å². The maximum atomic E-state index is 12.0. The first-order chi connectivity index (χ1) is 11.0. The van der Waals surface area contributed by atoms with E-state index in [9.17, 15) is 19.8 Å². The van der Waals surface area contributed by atoms with Gasteiger partial charge in [0.1, 0.15) is 24.9 Å². The number of hydrogen-bond acceptors (Lipinski definition) is 10. The van der Waals surface area contributed by atoms with E-state index < -0.39 is 42.8 Å². The Hall–Kier alpha value is -2.05. The molecule has 1 fully saturated rings. The van der Waals surface area contributed by atoms with Gasteiger partial charge in [-0.05, 0) is 0 Å². The molecule has 1 saturated heterocycles. The fraction of sp³-hybridized carbons (Fsp3) is 0.583. The number of aromatic nitrogens is 2. The third-order valence-corrected chi connectivity index (χ3v) is 3.15. The van der Waals surface area contributed by atoms with Crippen LogP contribution in [0.3, 0.4) is 0 Å². The quantitative estimate of drug-likeness (QED) is 0.407. The molecule has 0 radical (unpaired) electrons. The predicted molar refractivity (Wildman–Crippen MR) is 73.1 cm³/mol. The van der Waals surface area contributed by atoms with Crippen LogP contribution in [0.1, 0.15) is 6.23 Å². The maximum absolute atomic E-state index is 12.0. The molecule has 1 aliphatic heterocycles. The molecule has 1 aromatic rings. The van der Waals surface area contributed by atoms with Gasteiger partial charge < -0.3 is 29.6 Å². The van der Waals surface area contributed by atoms with E-state index in [0.29, 0.717) is 0 Å². The molecule has 1 aromatic heterocycles. The second-order valence-electron chi connectivity index (χ2n) is 4.74. The Morgan fingerprint density at radius 1 is 1.48 bits per heavy atom. The first kappa shape index (κ1) is 17.3. The second kappa shape index (κ2) is 7.48. The van der Waals surface area contributed by atoms with Gasteiger partial charge in [-0.15, -0.1) is 0 Å². The molecular formula is C12H17N3O8. The number of aliphatic hydroxyl groups is 3. The van der Waals surface area contributed by atoms with Crippen LogP contribution in [-0.2, 0) is 19.1 Å². The largest absolute Gasteiger partial charge is 0.394 e. The van der Waals surface area contributed by atoms with E-state index in [0.717, 1.165) is 4.57 Å². The molecule has 4 N–H and O–H groups in total. The summed E-state index contributed by atoms with van der Waals surface area (Å²) in [6.07, 6.45) is -3.68. The summed E-state index contributed by atoms with van der Waals surface area (Å²) in [5.74, 6) is -0.746. The van der Waals surface area contributed by atoms with Crippen LogP contribution in [0.25, 0.3) is 0 Å². The molecule has 0 bridgehead atoms. The van der Waals surface area contributed by atoms with Crippen molar-refractivity contribution in [3.63, 3.8) is 0 Å². The van der Waals surface area contributed by atoms with Crippen LogP contribution < -0.4 is 11.2 Å². The van der Waals surface area contributed by atoms with Crippen molar-refractivity contribution >= 4 is 11.8 Å². The summed E-state index contributed by atoms with van der Waals surface area (Å²) >= 11 is 0. The molecule has 128 valence electrons. The highest BCUT2D eigenvalue weighted by Crippen LogP contribution is 2.28. The second-order valence-corrected chi connectivity index (χ2v) is 4.74. The summed E-state index contributed by atoms with van der Waals surface area (Å²) in [4.78, 5) is 31.2.